The highest BCUT2D eigenvalue weighted by atomic mass is 79.9. The normalized spacial score (nSPS) is 10.0. The zero-order valence-electron chi connectivity index (χ0n) is 10.1. The van der Waals surface area contributed by atoms with Crippen LogP contribution in [-0.2, 0) is 11.3 Å². The smallest absolute Gasteiger partial charge is 0.315 e. The number of hydrogen-bond acceptors (Lipinski definition) is 2. The highest BCUT2D eigenvalue weighted by molar-refractivity contribution is 9.10. The molecule has 104 valence electrons. The molecule has 0 saturated carbocycles. The van der Waals surface area contributed by atoms with Gasteiger partial charge in [-0.05, 0) is 40.0 Å². The zero-order valence-corrected chi connectivity index (χ0v) is 11.7. The predicted molar refractivity (Wildman–Crippen MR) is 71.2 cm³/mol. The van der Waals surface area contributed by atoms with E-state index in [0.29, 0.717) is 16.5 Å². The molecule has 0 aliphatic carbocycles. The Hall–Kier alpha value is -1.63. The van der Waals surface area contributed by atoms with Gasteiger partial charge in [-0.3, -0.25) is 4.79 Å². The molecular formula is C12H14BrFN2O3. The number of benzene rings is 1. The first-order valence-corrected chi connectivity index (χ1v) is 6.46. The average Bonchev–Trinajstić information content (AvgIpc) is 2.36. The second-order valence-corrected chi connectivity index (χ2v) is 4.71. The second-order valence-electron chi connectivity index (χ2n) is 3.86. The molecule has 0 fully saturated rings. The first kappa shape index (κ1) is 15.4. The van der Waals surface area contributed by atoms with Crippen molar-refractivity contribution in [1.29, 1.82) is 0 Å². The minimum absolute atomic E-state index is 0.0121. The molecule has 0 aromatic heterocycles. The lowest BCUT2D eigenvalue weighted by molar-refractivity contribution is -0.137. The fourth-order valence-electron chi connectivity index (χ4n) is 1.34. The highest BCUT2D eigenvalue weighted by Gasteiger charge is 2.03. The number of amides is 2. The number of carboxylic acid groups (broad SMARTS) is 1. The van der Waals surface area contributed by atoms with Crippen molar-refractivity contribution < 1.29 is 19.1 Å². The quantitative estimate of drug-likeness (QED) is 0.699. The lowest BCUT2D eigenvalue weighted by atomic mass is 10.2. The molecular weight excluding hydrogens is 319 g/mol. The molecule has 1 rings (SSSR count). The van der Waals surface area contributed by atoms with Crippen LogP contribution >= 0.6 is 15.9 Å². The number of carboxylic acids is 1. The topological polar surface area (TPSA) is 78.4 Å². The third-order valence-corrected chi connectivity index (χ3v) is 2.93. The first-order valence-electron chi connectivity index (χ1n) is 5.66. The molecule has 0 aliphatic rings. The van der Waals surface area contributed by atoms with Crippen LogP contribution in [-0.4, -0.2) is 23.7 Å². The fourth-order valence-corrected chi connectivity index (χ4v) is 1.58. The molecule has 1 aromatic rings. The van der Waals surface area contributed by atoms with Crippen LogP contribution in [0.25, 0.3) is 0 Å². The molecule has 1 aromatic carbocycles. The summed E-state index contributed by atoms with van der Waals surface area (Å²) in [4.78, 5) is 21.6. The third-order valence-electron chi connectivity index (χ3n) is 2.29. The molecule has 3 N–H and O–H groups in total. The summed E-state index contributed by atoms with van der Waals surface area (Å²) in [6.07, 6.45) is 0.383. The van der Waals surface area contributed by atoms with Gasteiger partial charge in [-0.1, -0.05) is 6.07 Å². The van der Waals surface area contributed by atoms with Crippen LogP contribution < -0.4 is 10.6 Å². The van der Waals surface area contributed by atoms with E-state index >= 15 is 0 Å². The van der Waals surface area contributed by atoms with E-state index in [-0.39, 0.29) is 25.3 Å². The van der Waals surface area contributed by atoms with Gasteiger partial charge < -0.3 is 15.7 Å². The van der Waals surface area contributed by atoms with Crippen LogP contribution in [0.3, 0.4) is 0 Å². The van der Waals surface area contributed by atoms with Crippen LogP contribution in [0, 0.1) is 5.82 Å². The number of halogens is 2. The molecule has 0 radical (unpaired) electrons. The monoisotopic (exact) mass is 332 g/mol. The Morgan fingerprint density at radius 3 is 2.68 bits per heavy atom. The zero-order chi connectivity index (χ0) is 14.3. The van der Waals surface area contributed by atoms with Crippen molar-refractivity contribution in [2.45, 2.75) is 19.4 Å². The second kappa shape index (κ2) is 7.73. The largest absolute Gasteiger partial charge is 0.481 e. The van der Waals surface area contributed by atoms with Crippen molar-refractivity contribution in [3.63, 3.8) is 0 Å². The van der Waals surface area contributed by atoms with E-state index < -0.39 is 12.0 Å². The summed E-state index contributed by atoms with van der Waals surface area (Å²) in [6, 6.07) is 4.18. The molecule has 7 heteroatoms. The van der Waals surface area contributed by atoms with Crippen LogP contribution in [0.4, 0.5) is 9.18 Å². The highest BCUT2D eigenvalue weighted by Crippen LogP contribution is 2.16. The fraction of sp³-hybridized carbons (Fsp3) is 0.333. The van der Waals surface area contributed by atoms with Gasteiger partial charge in [0, 0.05) is 19.5 Å². The molecule has 19 heavy (non-hydrogen) atoms. The average molecular weight is 333 g/mol. The van der Waals surface area contributed by atoms with Gasteiger partial charge in [-0.15, -0.1) is 0 Å². The van der Waals surface area contributed by atoms with E-state index in [9.17, 15) is 14.0 Å². The maximum Gasteiger partial charge on any atom is 0.315 e. The van der Waals surface area contributed by atoms with Gasteiger partial charge in [0.2, 0.25) is 0 Å². The van der Waals surface area contributed by atoms with E-state index in [0.717, 1.165) is 0 Å². The number of nitrogens with one attached hydrogen (secondary N) is 2. The summed E-state index contributed by atoms with van der Waals surface area (Å²) in [6.45, 7) is 0.488. The molecule has 0 atom stereocenters. The summed E-state index contributed by atoms with van der Waals surface area (Å²) in [5, 5.41) is 13.5. The molecule has 0 aliphatic heterocycles. The first-order chi connectivity index (χ1) is 8.99. The minimum Gasteiger partial charge on any atom is -0.481 e. The van der Waals surface area contributed by atoms with Crippen molar-refractivity contribution in [3.8, 4) is 0 Å². The van der Waals surface area contributed by atoms with E-state index in [2.05, 4.69) is 26.6 Å². The van der Waals surface area contributed by atoms with E-state index in [1.54, 1.807) is 12.1 Å². The van der Waals surface area contributed by atoms with E-state index in [1.807, 2.05) is 0 Å². The molecule has 0 spiro atoms. The van der Waals surface area contributed by atoms with Crippen LogP contribution in [0.15, 0.2) is 22.7 Å². The molecule has 0 saturated heterocycles. The van der Waals surface area contributed by atoms with Crippen molar-refractivity contribution in [1.82, 2.24) is 10.6 Å². The lowest BCUT2D eigenvalue weighted by Gasteiger charge is -2.07. The maximum atomic E-state index is 13.2. The Morgan fingerprint density at radius 1 is 1.32 bits per heavy atom. The van der Waals surface area contributed by atoms with Gasteiger partial charge in [0.1, 0.15) is 5.82 Å². The van der Waals surface area contributed by atoms with Gasteiger partial charge in [-0.2, -0.15) is 0 Å². The molecule has 5 nitrogen and oxygen atoms in total. The predicted octanol–water partition coefficient (Wildman–Crippen LogP) is 2.25. The Morgan fingerprint density at radius 2 is 2.05 bits per heavy atom. The van der Waals surface area contributed by atoms with Crippen LogP contribution in [0.5, 0.6) is 0 Å². The van der Waals surface area contributed by atoms with Crippen molar-refractivity contribution in [3.05, 3.63) is 34.1 Å². The molecule has 0 unspecified atom stereocenters. The Labute approximate surface area is 118 Å². The molecule has 2 amide bonds. The Bertz CT molecular complexity index is 468. The number of aliphatic carboxylic acids is 1. The SMILES string of the molecule is O=C(O)CCCNC(=O)NCc1ccc(Br)c(F)c1. The van der Waals surface area contributed by atoms with Gasteiger partial charge >= 0.3 is 12.0 Å². The summed E-state index contributed by atoms with van der Waals surface area (Å²) in [5.41, 5.74) is 0.640. The van der Waals surface area contributed by atoms with E-state index in [4.69, 9.17) is 5.11 Å². The number of carbonyl (C=O) groups is 2. The maximum absolute atomic E-state index is 13.2. The third kappa shape index (κ3) is 6.19. The van der Waals surface area contributed by atoms with Crippen molar-refractivity contribution in [2.75, 3.05) is 6.54 Å². The standard InChI is InChI=1S/C12H14BrFN2O3/c13-9-4-3-8(6-10(9)14)7-16-12(19)15-5-1-2-11(17)18/h3-4,6H,1-2,5,7H2,(H,17,18)(H2,15,16,19). The summed E-state index contributed by atoms with van der Waals surface area (Å²) < 4.78 is 13.6. The molecule has 0 heterocycles. The molecule has 0 bridgehead atoms. The van der Waals surface area contributed by atoms with Gasteiger partial charge in [0.05, 0.1) is 4.47 Å². The van der Waals surface area contributed by atoms with Gasteiger partial charge in [0.25, 0.3) is 0 Å². The number of urea groups is 1. The number of carbonyl (C=O) groups excluding carboxylic acids is 1. The van der Waals surface area contributed by atoms with Gasteiger partial charge in [0.15, 0.2) is 0 Å². The summed E-state index contributed by atoms with van der Waals surface area (Å²) >= 11 is 3.04. The van der Waals surface area contributed by atoms with Crippen molar-refractivity contribution in [2.24, 2.45) is 0 Å². The van der Waals surface area contributed by atoms with Crippen LogP contribution in [0.2, 0.25) is 0 Å². The van der Waals surface area contributed by atoms with Gasteiger partial charge in [-0.25, -0.2) is 9.18 Å². The minimum atomic E-state index is -0.896. The summed E-state index contributed by atoms with van der Waals surface area (Å²) in [5.74, 6) is -1.28. The van der Waals surface area contributed by atoms with Crippen LogP contribution in [0.1, 0.15) is 18.4 Å². The Balaban J connectivity index is 2.26. The Kier molecular flexibility index (Phi) is 6.27. The van der Waals surface area contributed by atoms with E-state index in [1.165, 1.54) is 6.07 Å². The van der Waals surface area contributed by atoms with Crippen molar-refractivity contribution >= 4 is 27.9 Å². The lowest BCUT2D eigenvalue weighted by Crippen LogP contribution is -2.35. The number of hydrogen-bond donors (Lipinski definition) is 3. The summed E-state index contributed by atoms with van der Waals surface area (Å²) in [7, 11) is 0. The number of rotatable bonds is 6.